The van der Waals surface area contributed by atoms with Gasteiger partial charge in [0.25, 0.3) is 0 Å². The molecule has 0 aliphatic carbocycles. The molecule has 0 radical (unpaired) electrons. The van der Waals surface area contributed by atoms with E-state index in [0.717, 1.165) is 21.6 Å². The van der Waals surface area contributed by atoms with Crippen LogP contribution in [0.25, 0.3) is 10.4 Å². The molecular formula is C17H21NO2S2. The maximum atomic E-state index is 12.2. The predicted octanol–water partition coefficient (Wildman–Crippen LogP) is 4.34. The fourth-order valence-corrected chi connectivity index (χ4v) is 3.88. The van der Waals surface area contributed by atoms with E-state index in [-0.39, 0.29) is 10.8 Å². The van der Waals surface area contributed by atoms with E-state index < -0.39 is 11.0 Å². The lowest BCUT2D eigenvalue weighted by molar-refractivity contribution is 0.112. The van der Waals surface area contributed by atoms with Crippen molar-refractivity contribution in [1.29, 1.82) is 0 Å². The van der Waals surface area contributed by atoms with Crippen LogP contribution in [0.5, 0.6) is 0 Å². The van der Waals surface area contributed by atoms with Crippen molar-refractivity contribution in [2.45, 2.75) is 38.5 Å². The summed E-state index contributed by atoms with van der Waals surface area (Å²) in [5, 5.41) is 0. The number of rotatable bonds is 5. The average molecular weight is 335 g/mol. The topological polar surface area (TPSA) is 46.2 Å². The highest BCUT2D eigenvalue weighted by Gasteiger charge is 2.22. The molecule has 2 rings (SSSR count). The Hall–Kier alpha value is -1.30. The van der Waals surface area contributed by atoms with Crippen molar-refractivity contribution < 1.29 is 9.00 Å². The van der Waals surface area contributed by atoms with E-state index in [1.54, 1.807) is 11.3 Å². The third kappa shape index (κ3) is 3.91. The number of carbonyl (C=O) groups is 1. The molecule has 5 heteroatoms. The SMILES string of the molecule is C[C@@H](NS(=O)C(C)(C)C)c1ccc(-c2ccccc2C=O)s1. The smallest absolute Gasteiger partial charge is 0.150 e. The molecule has 0 fully saturated rings. The fourth-order valence-electron chi connectivity index (χ4n) is 1.95. The Morgan fingerprint density at radius 3 is 2.50 bits per heavy atom. The molecule has 0 saturated heterocycles. The Balaban J connectivity index is 2.21. The van der Waals surface area contributed by atoms with E-state index in [0.29, 0.717) is 5.56 Å². The standard InChI is InChI=1S/C17H21NO2S2/c1-12(18-22(20)17(2,3)4)15-9-10-16(21-15)14-8-6-5-7-13(14)11-19/h5-12,18H,1-4H3/t12-,22?/m1/s1. The third-order valence-electron chi connectivity index (χ3n) is 3.25. The molecule has 1 N–H and O–H groups in total. The maximum Gasteiger partial charge on any atom is 0.150 e. The van der Waals surface area contributed by atoms with Gasteiger partial charge in [-0.2, -0.15) is 0 Å². The number of aldehydes is 1. The molecule has 0 aliphatic heterocycles. The van der Waals surface area contributed by atoms with Gasteiger partial charge in [0, 0.05) is 20.9 Å². The Morgan fingerprint density at radius 2 is 1.86 bits per heavy atom. The van der Waals surface area contributed by atoms with E-state index >= 15 is 0 Å². The van der Waals surface area contributed by atoms with Gasteiger partial charge in [-0.1, -0.05) is 24.3 Å². The summed E-state index contributed by atoms with van der Waals surface area (Å²) in [5.41, 5.74) is 1.63. The van der Waals surface area contributed by atoms with Crippen molar-refractivity contribution in [3.05, 3.63) is 46.8 Å². The summed E-state index contributed by atoms with van der Waals surface area (Å²) >= 11 is 1.62. The molecule has 0 saturated carbocycles. The number of nitrogens with one attached hydrogen (secondary N) is 1. The number of benzene rings is 1. The Bertz CT molecular complexity index is 686. The number of thiophene rings is 1. The highest BCUT2D eigenvalue weighted by molar-refractivity contribution is 7.84. The molecule has 0 amide bonds. The number of hydrogen-bond donors (Lipinski definition) is 1. The van der Waals surface area contributed by atoms with Gasteiger partial charge < -0.3 is 0 Å². The fraction of sp³-hybridized carbons (Fsp3) is 0.353. The molecule has 22 heavy (non-hydrogen) atoms. The summed E-state index contributed by atoms with van der Waals surface area (Å²) in [7, 11) is -1.11. The van der Waals surface area contributed by atoms with Crippen LogP contribution in [-0.2, 0) is 11.0 Å². The first-order valence-electron chi connectivity index (χ1n) is 7.15. The summed E-state index contributed by atoms with van der Waals surface area (Å²) in [6, 6.07) is 11.6. The lowest BCUT2D eigenvalue weighted by Gasteiger charge is -2.21. The van der Waals surface area contributed by atoms with Gasteiger partial charge in [-0.3, -0.25) is 4.79 Å². The number of hydrogen-bond acceptors (Lipinski definition) is 3. The van der Waals surface area contributed by atoms with Gasteiger partial charge in [0.2, 0.25) is 0 Å². The van der Waals surface area contributed by atoms with E-state index in [4.69, 9.17) is 0 Å². The van der Waals surface area contributed by atoms with Crippen LogP contribution in [0.2, 0.25) is 0 Å². The van der Waals surface area contributed by atoms with Crippen LogP contribution in [-0.4, -0.2) is 15.2 Å². The van der Waals surface area contributed by atoms with Crippen LogP contribution >= 0.6 is 11.3 Å². The monoisotopic (exact) mass is 335 g/mol. The Labute approximate surface area is 138 Å². The van der Waals surface area contributed by atoms with Crippen molar-refractivity contribution in [3.8, 4) is 10.4 Å². The summed E-state index contributed by atoms with van der Waals surface area (Å²) in [4.78, 5) is 13.3. The molecule has 2 aromatic rings. The Kier molecular flexibility index (Phi) is 5.32. The van der Waals surface area contributed by atoms with Crippen LogP contribution in [0.1, 0.15) is 49.0 Å². The predicted molar refractivity (Wildman–Crippen MR) is 94.6 cm³/mol. The maximum absolute atomic E-state index is 12.2. The van der Waals surface area contributed by atoms with Crippen LogP contribution in [0, 0.1) is 0 Å². The van der Waals surface area contributed by atoms with Gasteiger partial charge in [0.05, 0.1) is 21.8 Å². The molecule has 0 bridgehead atoms. The first-order valence-corrected chi connectivity index (χ1v) is 9.12. The van der Waals surface area contributed by atoms with Crippen molar-refractivity contribution in [1.82, 2.24) is 4.72 Å². The second-order valence-corrected chi connectivity index (χ2v) is 9.24. The average Bonchev–Trinajstić information content (AvgIpc) is 2.95. The van der Waals surface area contributed by atoms with Crippen LogP contribution in [0.15, 0.2) is 36.4 Å². The van der Waals surface area contributed by atoms with Gasteiger partial charge in [-0.25, -0.2) is 8.93 Å². The van der Waals surface area contributed by atoms with E-state index in [1.807, 2.05) is 64.1 Å². The van der Waals surface area contributed by atoms with Crippen molar-refractivity contribution in [2.75, 3.05) is 0 Å². The number of carbonyl (C=O) groups excluding carboxylic acids is 1. The minimum absolute atomic E-state index is 0.00204. The molecule has 118 valence electrons. The van der Waals surface area contributed by atoms with E-state index in [9.17, 15) is 9.00 Å². The minimum Gasteiger partial charge on any atom is -0.298 e. The molecule has 1 aromatic heterocycles. The molecule has 3 nitrogen and oxygen atoms in total. The van der Waals surface area contributed by atoms with Gasteiger partial charge in [0.15, 0.2) is 6.29 Å². The van der Waals surface area contributed by atoms with Gasteiger partial charge in [0.1, 0.15) is 0 Å². The van der Waals surface area contributed by atoms with E-state index in [1.165, 1.54) is 0 Å². The molecule has 1 heterocycles. The van der Waals surface area contributed by atoms with Crippen molar-refractivity contribution in [2.24, 2.45) is 0 Å². The zero-order valence-electron chi connectivity index (χ0n) is 13.3. The third-order valence-corrected chi connectivity index (χ3v) is 6.23. The molecule has 1 unspecified atom stereocenters. The minimum atomic E-state index is -1.11. The zero-order chi connectivity index (χ0) is 16.3. The molecule has 0 spiro atoms. The molecule has 2 atom stereocenters. The summed E-state index contributed by atoms with van der Waals surface area (Å²) in [6.07, 6.45) is 0.880. The Morgan fingerprint density at radius 1 is 1.18 bits per heavy atom. The van der Waals surface area contributed by atoms with Crippen LogP contribution < -0.4 is 4.72 Å². The molecule has 0 aliphatic rings. The van der Waals surface area contributed by atoms with Crippen LogP contribution in [0.4, 0.5) is 0 Å². The normalized spacial score (nSPS) is 14.5. The lowest BCUT2D eigenvalue weighted by atomic mass is 10.1. The highest BCUT2D eigenvalue weighted by Crippen LogP contribution is 2.33. The molecule has 1 aromatic carbocycles. The van der Waals surface area contributed by atoms with Gasteiger partial charge in [-0.15, -0.1) is 11.3 Å². The lowest BCUT2D eigenvalue weighted by Crippen LogP contribution is -2.34. The van der Waals surface area contributed by atoms with Gasteiger partial charge in [-0.05, 0) is 39.8 Å². The largest absolute Gasteiger partial charge is 0.298 e. The summed E-state index contributed by atoms with van der Waals surface area (Å²) < 4.78 is 15.0. The summed E-state index contributed by atoms with van der Waals surface area (Å²) in [6.45, 7) is 7.85. The van der Waals surface area contributed by atoms with Crippen molar-refractivity contribution >= 4 is 28.6 Å². The zero-order valence-corrected chi connectivity index (χ0v) is 14.9. The quantitative estimate of drug-likeness (QED) is 0.826. The summed E-state index contributed by atoms with van der Waals surface area (Å²) in [5.74, 6) is 0. The van der Waals surface area contributed by atoms with E-state index in [2.05, 4.69) is 4.72 Å². The second kappa shape index (κ2) is 6.86. The first kappa shape index (κ1) is 17.1. The highest BCUT2D eigenvalue weighted by atomic mass is 32.2. The second-order valence-electron chi connectivity index (χ2n) is 6.13. The van der Waals surface area contributed by atoms with Crippen molar-refractivity contribution in [3.63, 3.8) is 0 Å². The molecular weight excluding hydrogens is 314 g/mol. The van der Waals surface area contributed by atoms with Gasteiger partial charge >= 0.3 is 0 Å². The first-order chi connectivity index (χ1) is 10.3. The van der Waals surface area contributed by atoms with Crippen LogP contribution in [0.3, 0.4) is 0 Å².